The molecule has 0 aliphatic heterocycles. The fourth-order valence-electron chi connectivity index (χ4n) is 3.46. The Labute approximate surface area is 188 Å². The van der Waals surface area contributed by atoms with E-state index in [0.717, 1.165) is 12.8 Å². The van der Waals surface area contributed by atoms with Crippen molar-refractivity contribution in [1.82, 2.24) is 19.2 Å². The van der Waals surface area contributed by atoms with E-state index in [2.05, 4.69) is 28.5 Å². The Morgan fingerprint density at radius 1 is 1.19 bits per heavy atom. The number of nitrogens with one attached hydrogen (secondary N) is 1. The predicted octanol–water partition coefficient (Wildman–Crippen LogP) is 3.84. The lowest BCUT2D eigenvalue weighted by molar-refractivity contribution is -0.115. The number of fused-ring (bicyclic) bond motifs is 3. The van der Waals surface area contributed by atoms with E-state index in [0.29, 0.717) is 39.6 Å². The third kappa shape index (κ3) is 3.97. The van der Waals surface area contributed by atoms with Crippen molar-refractivity contribution in [2.75, 3.05) is 5.32 Å². The molecule has 1 amide bonds. The van der Waals surface area contributed by atoms with Gasteiger partial charge in [0.25, 0.3) is 5.56 Å². The third-order valence-corrected chi connectivity index (χ3v) is 6.21. The maximum absolute atomic E-state index is 13.0. The van der Waals surface area contributed by atoms with Crippen LogP contribution >= 0.6 is 11.8 Å². The van der Waals surface area contributed by atoms with Gasteiger partial charge in [0.1, 0.15) is 6.07 Å². The first kappa shape index (κ1) is 21.6. The van der Waals surface area contributed by atoms with Crippen molar-refractivity contribution in [2.24, 2.45) is 0 Å². The maximum atomic E-state index is 13.0. The highest BCUT2D eigenvalue weighted by Gasteiger charge is 2.22. The molecule has 1 atom stereocenters. The molecule has 0 saturated heterocycles. The lowest BCUT2D eigenvalue weighted by atomic mass is 10.2. The standard InChI is InChI=1S/C23H22N6O2S/c1-3-4-13-28-21(31)17-10-6-8-12-19(17)29-22(28)26-27-23(29)32-15(2)20(30)25-18-11-7-5-9-16(18)14-24/h5-12,15H,3-4,13H2,1-2H3,(H,25,30). The lowest BCUT2D eigenvalue weighted by Gasteiger charge is -2.13. The Morgan fingerprint density at radius 2 is 1.94 bits per heavy atom. The summed E-state index contributed by atoms with van der Waals surface area (Å²) in [5.74, 6) is 0.213. The van der Waals surface area contributed by atoms with Crippen molar-refractivity contribution >= 4 is 40.0 Å². The number of unbranched alkanes of at least 4 members (excludes halogenated alkanes) is 1. The Morgan fingerprint density at radius 3 is 2.72 bits per heavy atom. The summed E-state index contributed by atoms with van der Waals surface area (Å²) in [6, 6.07) is 16.3. The van der Waals surface area contributed by atoms with Gasteiger partial charge in [0.05, 0.1) is 27.4 Å². The average Bonchev–Trinajstić information content (AvgIpc) is 3.22. The third-order valence-electron chi connectivity index (χ3n) is 5.17. The van der Waals surface area contributed by atoms with E-state index < -0.39 is 5.25 Å². The van der Waals surface area contributed by atoms with Crippen LogP contribution in [0.3, 0.4) is 0 Å². The fraction of sp³-hybridized carbons (Fsp3) is 0.261. The van der Waals surface area contributed by atoms with E-state index in [1.54, 1.807) is 41.8 Å². The molecule has 0 aliphatic rings. The van der Waals surface area contributed by atoms with E-state index in [1.807, 2.05) is 22.6 Å². The minimum Gasteiger partial charge on any atom is -0.324 e. The zero-order chi connectivity index (χ0) is 22.7. The molecule has 1 unspecified atom stereocenters. The number of hydrogen-bond acceptors (Lipinski definition) is 6. The molecule has 0 fully saturated rings. The summed E-state index contributed by atoms with van der Waals surface area (Å²) >= 11 is 1.25. The van der Waals surface area contributed by atoms with Crippen LogP contribution in [0.1, 0.15) is 32.3 Å². The second-order valence-electron chi connectivity index (χ2n) is 7.35. The number of rotatable bonds is 7. The van der Waals surface area contributed by atoms with Gasteiger partial charge >= 0.3 is 0 Å². The molecule has 0 bridgehead atoms. The lowest BCUT2D eigenvalue weighted by Crippen LogP contribution is -2.24. The number of carbonyl (C=O) groups excluding carboxylic acids is 1. The van der Waals surface area contributed by atoms with E-state index in [1.165, 1.54) is 11.8 Å². The van der Waals surface area contributed by atoms with Crippen LogP contribution in [-0.2, 0) is 11.3 Å². The summed E-state index contributed by atoms with van der Waals surface area (Å²) in [7, 11) is 0. The summed E-state index contributed by atoms with van der Waals surface area (Å²) in [6.07, 6.45) is 1.79. The van der Waals surface area contributed by atoms with Gasteiger partial charge in [0.15, 0.2) is 5.16 Å². The molecule has 0 saturated carbocycles. The molecule has 0 aliphatic carbocycles. The number of nitrogens with zero attached hydrogens (tertiary/aromatic N) is 5. The average molecular weight is 447 g/mol. The quantitative estimate of drug-likeness (QED) is 0.433. The summed E-state index contributed by atoms with van der Waals surface area (Å²) < 4.78 is 3.49. The number of amides is 1. The van der Waals surface area contributed by atoms with Gasteiger partial charge in [-0.25, -0.2) is 0 Å². The first-order valence-corrected chi connectivity index (χ1v) is 11.3. The SMILES string of the molecule is CCCCn1c(=O)c2ccccc2n2c(SC(C)C(=O)Nc3ccccc3C#N)nnc12. The van der Waals surface area contributed by atoms with Crippen molar-refractivity contribution in [3.8, 4) is 6.07 Å². The highest BCUT2D eigenvalue weighted by molar-refractivity contribution is 8.00. The highest BCUT2D eigenvalue weighted by Crippen LogP contribution is 2.26. The van der Waals surface area contributed by atoms with Crippen LogP contribution in [0.15, 0.2) is 58.5 Å². The van der Waals surface area contributed by atoms with Crippen LogP contribution in [0.25, 0.3) is 16.7 Å². The fourth-order valence-corrected chi connectivity index (χ4v) is 4.32. The molecule has 2 heterocycles. The molecule has 9 heteroatoms. The molecule has 4 aromatic rings. The molecule has 1 N–H and O–H groups in total. The number of anilines is 1. The van der Waals surface area contributed by atoms with Gasteiger partial charge in [-0.05, 0) is 37.6 Å². The first-order chi connectivity index (χ1) is 15.5. The number of benzene rings is 2. The summed E-state index contributed by atoms with van der Waals surface area (Å²) in [6.45, 7) is 4.39. The Balaban J connectivity index is 1.70. The number of thioether (sulfide) groups is 1. The van der Waals surface area contributed by atoms with Gasteiger partial charge in [-0.3, -0.25) is 18.6 Å². The van der Waals surface area contributed by atoms with Crippen LogP contribution < -0.4 is 10.9 Å². The molecule has 2 aromatic heterocycles. The topological polar surface area (TPSA) is 105 Å². The molecular weight excluding hydrogens is 424 g/mol. The van der Waals surface area contributed by atoms with Gasteiger partial charge in [-0.2, -0.15) is 5.26 Å². The Bertz CT molecular complexity index is 1400. The predicted molar refractivity (Wildman–Crippen MR) is 125 cm³/mol. The minimum absolute atomic E-state index is 0.0931. The number of aryl methyl sites for hydroxylation is 1. The van der Waals surface area contributed by atoms with Gasteiger partial charge in [0, 0.05) is 6.54 Å². The smallest absolute Gasteiger partial charge is 0.262 e. The minimum atomic E-state index is -0.510. The second kappa shape index (κ2) is 9.24. The zero-order valence-corrected chi connectivity index (χ0v) is 18.6. The number of para-hydroxylation sites is 2. The van der Waals surface area contributed by atoms with Crippen molar-refractivity contribution < 1.29 is 4.79 Å². The molecule has 8 nitrogen and oxygen atoms in total. The highest BCUT2D eigenvalue weighted by atomic mass is 32.2. The van der Waals surface area contributed by atoms with E-state index in [-0.39, 0.29) is 11.5 Å². The van der Waals surface area contributed by atoms with E-state index in [9.17, 15) is 14.9 Å². The Kier molecular flexibility index (Phi) is 6.23. The second-order valence-corrected chi connectivity index (χ2v) is 8.66. The van der Waals surface area contributed by atoms with Crippen molar-refractivity contribution in [3.63, 3.8) is 0 Å². The largest absolute Gasteiger partial charge is 0.324 e. The molecular formula is C23H22N6O2S. The molecule has 0 radical (unpaired) electrons. The molecule has 0 spiro atoms. The Hall–Kier alpha value is -3.64. The van der Waals surface area contributed by atoms with Gasteiger partial charge in [-0.1, -0.05) is 49.4 Å². The van der Waals surface area contributed by atoms with E-state index in [4.69, 9.17) is 0 Å². The molecule has 32 heavy (non-hydrogen) atoms. The zero-order valence-electron chi connectivity index (χ0n) is 17.8. The molecule has 162 valence electrons. The number of carbonyl (C=O) groups is 1. The van der Waals surface area contributed by atoms with Crippen LogP contribution in [0.2, 0.25) is 0 Å². The number of nitriles is 1. The van der Waals surface area contributed by atoms with Gasteiger partial charge in [0.2, 0.25) is 11.7 Å². The van der Waals surface area contributed by atoms with Crippen LogP contribution in [0.4, 0.5) is 5.69 Å². The monoisotopic (exact) mass is 446 g/mol. The van der Waals surface area contributed by atoms with Crippen LogP contribution in [0.5, 0.6) is 0 Å². The number of hydrogen-bond donors (Lipinski definition) is 1. The van der Waals surface area contributed by atoms with Crippen molar-refractivity contribution in [2.45, 2.75) is 43.6 Å². The summed E-state index contributed by atoms with van der Waals surface area (Å²) in [4.78, 5) is 25.9. The van der Waals surface area contributed by atoms with Crippen molar-refractivity contribution in [1.29, 1.82) is 5.26 Å². The van der Waals surface area contributed by atoms with Crippen LogP contribution in [-0.4, -0.2) is 30.3 Å². The van der Waals surface area contributed by atoms with Gasteiger partial charge < -0.3 is 5.32 Å². The molecule has 2 aromatic carbocycles. The normalized spacial score (nSPS) is 12.0. The van der Waals surface area contributed by atoms with Crippen molar-refractivity contribution in [3.05, 3.63) is 64.4 Å². The van der Waals surface area contributed by atoms with E-state index >= 15 is 0 Å². The summed E-state index contributed by atoms with van der Waals surface area (Å²) in [5.41, 5.74) is 1.48. The van der Waals surface area contributed by atoms with Crippen LogP contribution in [0, 0.1) is 11.3 Å². The summed E-state index contributed by atoms with van der Waals surface area (Å²) in [5, 5.41) is 21.2. The maximum Gasteiger partial charge on any atom is 0.262 e. The molecule has 4 rings (SSSR count). The number of aromatic nitrogens is 4. The van der Waals surface area contributed by atoms with Gasteiger partial charge in [-0.15, -0.1) is 10.2 Å². The first-order valence-electron chi connectivity index (χ1n) is 10.4.